The second kappa shape index (κ2) is 8.20. The van der Waals surface area contributed by atoms with E-state index in [1.54, 1.807) is 36.4 Å². The molecule has 3 rings (SSSR count). The average molecular weight is 364 g/mol. The third-order valence-corrected chi connectivity index (χ3v) is 4.02. The predicted octanol–water partition coefficient (Wildman–Crippen LogP) is 2.67. The number of aromatic nitrogens is 1. The van der Waals surface area contributed by atoms with E-state index in [1.807, 2.05) is 11.5 Å². The zero-order valence-electron chi connectivity index (χ0n) is 14.3. The first kappa shape index (κ1) is 18.2. The van der Waals surface area contributed by atoms with Crippen LogP contribution >= 0.6 is 0 Å². The number of hydrogen-bond acceptors (Lipinski definition) is 4. The molecule has 0 radical (unpaired) electrons. The van der Waals surface area contributed by atoms with Gasteiger partial charge in [-0.25, -0.2) is 10.2 Å². The molecule has 0 spiro atoms. The van der Waals surface area contributed by atoms with Crippen molar-refractivity contribution in [3.63, 3.8) is 0 Å². The van der Waals surface area contributed by atoms with E-state index in [0.717, 1.165) is 6.07 Å². The maximum atomic E-state index is 14.5. The molecule has 3 aromatic rings. The van der Waals surface area contributed by atoms with Crippen molar-refractivity contribution in [2.45, 2.75) is 6.54 Å². The molecule has 136 valence electrons. The smallest absolute Gasteiger partial charge is 0.265 e. The highest BCUT2D eigenvalue weighted by Crippen LogP contribution is 2.21. The van der Waals surface area contributed by atoms with Crippen LogP contribution in [0, 0.1) is 5.82 Å². The average Bonchev–Trinajstić information content (AvgIpc) is 2.73. The third kappa shape index (κ3) is 4.16. The quantitative estimate of drug-likeness (QED) is 0.414. The highest BCUT2D eigenvalue weighted by molar-refractivity contribution is 6.05. The molecule has 27 heavy (non-hydrogen) atoms. The molecule has 0 saturated heterocycles. The number of rotatable bonds is 5. The lowest BCUT2D eigenvalue weighted by Gasteiger charge is -2.23. The second-order valence-corrected chi connectivity index (χ2v) is 5.74. The number of carbonyl (C=O) groups excluding carboxylic acids is 2. The normalized spacial score (nSPS) is 10.3. The number of nitrogens with one attached hydrogen (secondary N) is 1. The van der Waals surface area contributed by atoms with Gasteiger partial charge in [0.15, 0.2) is 0 Å². The van der Waals surface area contributed by atoms with E-state index in [-0.39, 0.29) is 23.6 Å². The van der Waals surface area contributed by atoms with Gasteiger partial charge in [0.25, 0.3) is 11.8 Å². The van der Waals surface area contributed by atoms with Crippen LogP contribution in [0.3, 0.4) is 0 Å². The molecule has 1 heterocycles. The van der Waals surface area contributed by atoms with Gasteiger partial charge in [0, 0.05) is 34.8 Å². The Hall–Kier alpha value is -3.58. The lowest BCUT2D eigenvalue weighted by Crippen LogP contribution is -2.31. The van der Waals surface area contributed by atoms with E-state index in [4.69, 9.17) is 5.84 Å². The maximum Gasteiger partial charge on any atom is 0.265 e. The van der Waals surface area contributed by atoms with Crippen molar-refractivity contribution in [1.82, 2.24) is 10.4 Å². The van der Waals surface area contributed by atoms with Gasteiger partial charge >= 0.3 is 0 Å². The number of hydrogen-bond donors (Lipinski definition) is 2. The summed E-state index contributed by atoms with van der Waals surface area (Å²) in [6, 6.07) is 16.2. The van der Waals surface area contributed by atoms with Gasteiger partial charge in [-0.1, -0.05) is 24.3 Å². The monoisotopic (exact) mass is 364 g/mol. The van der Waals surface area contributed by atoms with Crippen LogP contribution in [0.15, 0.2) is 73.1 Å². The topological polar surface area (TPSA) is 88.3 Å². The molecule has 0 aliphatic rings. The molecular formula is C20H17FN4O2. The third-order valence-electron chi connectivity index (χ3n) is 4.02. The van der Waals surface area contributed by atoms with Crippen LogP contribution in [0.25, 0.3) is 0 Å². The number of halogens is 1. The van der Waals surface area contributed by atoms with Gasteiger partial charge < -0.3 is 4.90 Å². The number of nitrogens with zero attached hydrogens (tertiary/aromatic N) is 2. The number of nitrogens with two attached hydrogens (primary N) is 1. The molecular weight excluding hydrogens is 347 g/mol. The van der Waals surface area contributed by atoms with E-state index in [0.29, 0.717) is 11.3 Å². The molecule has 0 saturated carbocycles. The van der Waals surface area contributed by atoms with Gasteiger partial charge in [0.05, 0.1) is 6.54 Å². The lowest BCUT2D eigenvalue weighted by atomic mass is 10.1. The van der Waals surface area contributed by atoms with Crippen LogP contribution in [0.2, 0.25) is 0 Å². The Balaban J connectivity index is 1.95. The van der Waals surface area contributed by atoms with Gasteiger partial charge in [0.1, 0.15) is 5.82 Å². The Kier molecular flexibility index (Phi) is 5.53. The van der Waals surface area contributed by atoms with E-state index in [9.17, 15) is 14.0 Å². The maximum absolute atomic E-state index is 14.5. The Morgan fingerprint density at radius 1 is 1.00 bits per heavy atom. The number of benzene rings is 2. The first-order valence-corrected chi connectivity index (χ1v) is 8.16. The van der Waals surface area contributed by atoms with Gasteiger partial charge in [-0.2, -0.15) is 0 Å². The predicted molar refractivity (Wildman–Crippen MR) is 99.2 cm³/mol. The Bertz CT molecular complexity index is 949. The summed E-state index contributed by atoms with van der Waals surface area (Å²) in [5, 5.41) is 0. The number of para-hydroxylation sites is 1. The summed E-state index contributed by atoms with van der Waals surface area (Å²) in [6.45, 7) is 0.00151. The molecule has 3 N–H and O–H groups in total. The minimum absolute atomic E-state index is 0.00151. The molecule has 0 aliphatic carbocycles. The molecule has 0 bridgehead atoms. The van der Waals surface area contributed by atoms with Gasteiger partial charge in [-0.3, -0.25) is 20.0 Å². The van der Waals surface area contributed by atoms with Crippen molar-refractivity contribution in [2.24, 2.45) is 5.84 Å². The molecule has 0 unspecified atom stereocenters. The molecule has 1 aromatic heterocycles. The number of anilines is 1. The van der Waals surface area contributed by atoms with Crippen LogP contribution in [-0.4, -0.2) is 16.8 Å². The number of amides is 2. The highest BCUT2D eigenvalue weighted by atomic mass is 19.1. The fourth-order valence-corrected chi connectivity index (χ4v) is 2.61. The zero-order chi connectivity index (χ0) is 19.2. The first-order valence-electron chi connectivity index (χ1n) is 8.16. The van der Waals surface area contributed by atoms with E-state index < -0.39 is 11.7 Å². The van der Waals surface area contributed by atoms with Gasteiger partial charge in [-0.15, -0.1) is 0 Å². The number of hydrazine groups is 1. The van der Waals surface area contributed by atoms with Crippen molar-refractivity contribution < 1.29 is 14.0 Å². The number of nitrogen functional groups attached to an aromatic ring is 1. The summed E-state index contributed by atoms with van der Waals surface area (Å²) >= 11 is 0. The molecule has 0 fully saturated rings. The van der Waals surface area contributed by atoms with Crippen LogP contribution in [0.1, 0.15) is 26.3 Å². The molecule has 2 aromatic carbocycles. The van der Waals surface area contributed by atoms with E-state index in [1.165, 1.54) is 29.4 Å². The Labute approximate surface area is 155 Å². The summed E-state index contributed by atoms with van der Waals surface area (Å²) < 4.78 is 14.5. The SMILES string of the molecule is NNC(=O)c1ccc(CN(C(=O)c2ccncc2)c2ccccc2)c(F)c1. The standard InChI is InChI=1S/C20H17FN4O2/c21-18-12-15(19(26)24-22)6-7-16(18)13-25(17-4-2-1-3-5-17)20(27)14-8-10-23-11-9-14/h1-12H,13,22H2,(H,24,26). The highest BCUT2D eigenvalue weighted by Gasteiger charge is 2.20. The summed E-state index contributed by atoms with van der Waals surface area (Å²) in [6.07, 6.45) is 3.05. The zero-order valence-corrected chi connectivity index (χ0v) is 14.3. The number of pyridine rings is 1. The molecule has 6 nitrogen and oxygen atoms in total. The van der Waals surface area contributed by atoms with E-state index >= 15 is 0 Å². The number of carbonyl (C=O) groups is 2. The summed E-state index contributed by atoms with van der Waals surface area (Å²) in [5.41, 5.74) is 3.40. The first-order chi connectivity index (χ1) is 13.1. The molecule has 0 aliphatic heterocycles. The molecule has 7 heteroatoms. The van der Waals surface area contributed by atoms with Crippen LogP contribution in [0.4, 0.5) is 10.1 Å². The van der Waals surface area contributed by atoms with Crippen molar-refractivity contribution in [1.29, 1.82) is 0 Å². The van der Waals surface area contributed by atoms with Gasteiger partial charge in [0.2, 0.25) is 0 Å². The van der Waals surface area contributed by atoms with Crippen molar-refractivity contribution in [3.05, 3.63) is 95.6 Å². The van der Waals surface area contributed by atoms with Gasteiger partial charge in [-0.05, 0) is 36.4 Å². The van der Waals surface area contributed by atoms with E-state index in [2.05, 4.69) is 4.98 Å². The minimum Gasteiger partial charge on any atom is -0.304 e. The minimum atomic E-state index is -0.598. The van der Waals surface area contributed by atoms with Crippen molar-refractivity contribution >= 4 is 17.5 Å². The molecule has 0 atom stereocenters. The summed E-state index contributed by atoms with van der Waals surface area (Å²) in [7, 11) is 0. The fraction of sp³-hybridized carbons (Fsp3) is 0.0500. The fourth-order valence-electron chi connectivity index (χ4n) is 2.61. The summed E-state index contributed by atoms with van der Waals surface area (Å²) in [4.78, 5) is 29.9. The molecule has 2 amide bonds. The van der Waals surface area contributed by atoms with Crippen molar-refractivity contribution in [2.75, 3.05) is 4.90 Å². The second-order valence-electron chi connectivity index (χ2n) is 5.74. The summed E-state index contributed by atoms with van der Waals surface area (Å²) in [5.74, 6) is 3.60. The Morgan fingerprint density at radius 2 is 1.70 bits per heavy atom. The largest absolute Gasteiger partial charge is 0.304 e. The van der Waals surface area contributed by atoms with Crippen LogP contribution in [-0.2, 0) is 6.54 Å². The Morgan fingerprint density at radius 3 is 2.33 bits per heavy atom. The van der Waals surface area contributed by atoms with Crippen LogP contribution < -0.4 is 16.2 Å². The lowest BCUT2D eigenvalue weighted by molar-refractivity contribution is 0.0951. The van der Waals surface area contributed by atoms with Crippen LogP contribution in [0.5, 0.6) is 0 Å². The van der Waals surface area contributed by atoms with Crippen molar-refractivity contribution in [3.8, 4) is 0 Å².